The number of carbonyl (C=O) groups is 1. The first kappa shape index (κ1) is 19.3. The molecule has 0 saturated heterocycles. The Balaban J connectivity index is 1.87. The Hall–Kier alpha value is -2.46. The molecule has 138 valence electrons. The number of anilines is 1. The lowest BCUT2D eigenvalue weighted by molar-refractivity contribution is -0.116. The van der Waals surface area contributed by atoms with E-state index < -0.39 is 0 Å². The molecule has 0 bridgehead atoms. The molecule has 0 spiro atoms. The second kappa shape index (κ2) is 7.65. The van der Waals surface area contributed by atoms with Crippen LogP contribution in [0.3, 0.4) is 0 Å². The zero-order valence-electron chi connectivity index (χ0n) is 16.2. The van der Waals surface area contributed by atoms with Crippen molar-refractivity contribution in [2.75, 3.05) is 11.9 Å². The highest BCUT2D eigenvalue weighted by molar-refractivity contribution is 7.29. The number of amides is 1. The Bertz CT molecular complexity index is 938. The van der Waals surface area contributed by atoms with Gasteiger partial charge in [-0.2, -0.15) is 5.10 Å². The number of aromatic nitrogens is 1. The van der Waals surface area contributed by atoms with Gasteiger partial charge in [-0.25, -0.2) is 4.98 Å². The lowest BCUT2D eigenvalue weighted by Gasteiger charge is -2.31. The molecule has 0 radical (unpaired) electrons. The molecule has 1 aromatic carbocycles. The minimum atomic E-state index is -0.180. The number of pyridine rings is 1. The highest BCUT2D eigenvalue weighted by Gasteiger charge is 2.27. The van der Waals surface area contributed by atoms with E-state index in [4.69, 9.17) is 5.10 Å². The largest absolute Gasteiger partial charge is 0.309 e. The first-order chi connectivity index (χ1) is 12.8. The monoisotopic (exact) mass is 378 g/mol. The first-order valence-corrected chi connectivity index (χ1v) is 9.53. The van der Waals surface area contributed by atoms with Crippen LogP contribution < -0.4 is 16.1 Å². The van der Waals surface area contributed by atoms with E-state index in [1.165, 1.54) is 5.46 Å². The molecule has 1 amide bonds. The summed E-state index contributed by atoms with van der Waals surface area (Å²) in [5, 5.41) is 10.4. The zero-order valence-corrected chi connectivity index (χ0v) is 17.4. The third-order valence-electron chi connectivity index (χ3n) is 4.59. The van der Waals surface area contributed by atoms with E-state index in [0.29, 0.717) is 5.82 Å². The topological polar surface area (TPSA) is 57.6 Å². The summed E-state index contributed by atoms with van der Waals surface area (Å²) in [5.41, 5.74) is 6.06. The molecule has 1 aromatic heterocycles. The fourth-order valence-electron chi connectivity index (χ4n) is 3.01. The standard InChI is InChI=1S/C20H24BN4OP/c1-11(2)19-18-14(6-7-15(21)20(18)27)13(4)25(24-19)10-17(26)23-16-8-5-12(3)9-22-16/h5-9,11H,4,10,21,27H2,1-3H3,(H,22,23,26). The number of hydrogen-bond acceptors (Lipinski definition) is 4. The molecule has 2 aromatic rings. The van der Waals surface area contributed by atoms with E-state index in [2.05, 4.69) is 59.9 Å². The third kappa shape index (κ3) is 3.96. The number of hydrazone groups is 1. The van der Waals surface area contributed by atoms with Crippen molar-refractivity contribution in [1.82, 2.24) is 9.99 Å². The van der Waals surface area contributed by atoms with Crippen molar-refractivity contribution in [2.24, 2.45) is 11.0 Å². The van der Waals surface area contributed by atoms with Crippen molar-refractivity contribution >= 4 is 51.0 Å². The number of fused-ring (bicyclic) bond motifs is 1. The van der Waals surface area contributed by atoms with Crippen molar-refractivity contribution in [3.63, 3.8) is 0 Å². The predicted octanol–water partition coefficient (Wildman–Crippen LogP) is 1.43. The molecular weight excluding hydrogens is 354 g/mol. The molecule has 1 atom stereocenters. The SMILES string of the molecule is Bc1ccc2c(c1P)C(C(C)C)=NN(CC(=O)Nc1ccc(C)cn1)C2=C. The lowest BCUT2D eigenvalue weighted by Crippen LogP contribution is -2.37. The first-order valence-electron chi connectivity index (χ1n) is 8.95. The van der Waals surface area contributed by atoms with E-state index >= 15 is 0 Å². The van der Waals surface area contributed by atoms with Gasteiger partial charge < -0.3 is 5.32 Å². The molecule has 0 fully saturated rings. The molecule has 27 heavy (non-hydrogen) atoms. The van der Waals surface area contributed by atoms with Gasteiger partial charge in [0.2, 0.25) is 5.91 Å². The van der Waals surface area contributed by atoms with E-state index in [-0.39, 0.29) is 18.4 Å². The predicted molar refractivity (Wildman–Crippen MR) is 119 cm³/mol. The van der Waals surface area contributed by atoms with Gasteiger partial charge in [0.25, 0.3) is 0 Å². The number of rotatable bonds is 4. The average Bonchev–Trinajstić information content (AvgIpc) is 2.62. The number of aryl methyl sites for hydroxylation is 1. The van der Waals surface area contributed by atoms with Gasteiger partial charge in [0.1, 0.15) is 20.2 Å². The van der Waals surface area contributed by atoms with Gasteiger partial charge in [0, 0.05) is 17.3 Å². The summed E-state index contributed by atoms with van der Waals surface area (Å²) < 4.78 is 0. The van der Waals surface area contributed by atoms with Crippen LogP contribution in [-0.4, -0.2) is 36.0 Å². The third-order valence-corrected chi connectivity index (χ3v) is 5.33. The van der Waals surface area contributed by atoms with E-state index in [9.17, 15) is 4.79 Å². The maximum absolute atomic E-state index is 12.5. The fourth-order valence-corrected chi connectivity index (χ4v) is 3.41. The molecule has 2 heterocycles. The van der Waals surface area contributed by atoms with Crippen molar-refractivity contribution in [2.45, 2.75) is 20.8 Å². The molecule has 7 heteroatoms. The summed E-state index contributed by atoms with van der Waals surface area (Å²) in [4.78, 5) is 16.7. The Morgan fingerprint density at radius 1 is 1.33 bits per heavy atom. The summed E-state index contributed by atoms with van der Waals surface area (Å²) in [6.07, 6.45) is 1.73. The van der Waals surface area contributed by atoms with Gasteiger partial charge in [-0.05, 0) is 29.8 Å². The Morgan fingerprint density at radius 2 is 2.07 bits per heavy atom. The molecule has 1 unspecified atom stereocenters. The minimum absolute atomic E-state index is 0.0874. The Labute approximate surface area is 163 Å². The maximum atomic E-state index is 12.5. The molecule has 0 aliphatic carbocycles. The van der Waals surface area contributed by atoms with E-state index in [1.54, 1.807) is 17.3 Å². The van der Waals surface area contributed by atoms with Gasteiger partial charge in [-0.1, -0.05) is 44.1 Å². The van der Waals surface area contributed by atoms with Crippen molar-refractivity contribution in [3.8, 4) is 0 Å². The van der Waals surface area contributed by atoms with Gasteiger partial charge in [0.15, 0.2) is 0 Å². The zero-order chi connectivity index (χ0) is 19.7. The lowest BCUT2D eigenvalue weighted by atomic mass is 9.86. The van der Waals surface area contributed by atoms with E-state index in [1.807, 2.05) is 13.0 Å². The quantitative estimate of drug-likeness (QED) is 0.647. The number of carbonyl (C=O) groups excluding carboxylic acids is 1. The van der Waals surface area contributed by atoms with Crippen LogP contribution in [0.2, 0.25) is 0 Å². The van der Waals surface area contributed by atoms with Gasteiger partial charge >= 0.3 is 0 Å². The summed E-state index contributed by atoms with van der Waals surface area (Å²) in [6.45, 7) is 10.4. The second-order valence-corrected chi connectivity index (χ2v) is 7.71. The van der Waals surface area contributed by atoms with Crippen LogP contribution in [0.5, 0.6) is 0 Å². The average molecular weight is 378 g/mol. The summed E-state index contributed by atoms with van der Waals surface area (Å²) in [5.74, 6) is 0.577. The molecular formula is C20H24BN4OP. The molecule has 0 saturated carbocycles. The van der Waals surface area contributed by atoms with Crippen LogP contribution in [-0.2, 0) is 4.79 Å². The van der Waals surface area contributed by atoms with Crippen LogP contribution in [0, 0.1) is 12.8 Å². The minimum Gasteiger partial charge on any atom is -0.309 e. The smallest absolute Gasteiger partial charge is 0.247 e. The number of nitrogens with zero attached hydrogens (tertiary/aromatic N) is 3. The molecule has 1 aliphatic rings. The summed E-state index contributed by atoms with van der Waals surface area (Å²) >= 11 is 0. The van der Waals surface area contributed by atoms with Crippen LogP contribution in [0.25, 0.3) is 5.70 Å². The van der Waals surface area contributed by atoms with Gasteiger partial charge in [-0.3, -0.25) is 9.80 Å². The van der Waals surface area contributed by atoms with Crippen LogP contribution in [0.1, 0.15) is 30.5 Å². The summed E-state index contributed by atoms with van der Waals surface area (Å²) in [6, 6.07) is 7.84. The summed E-state index contributed by atoms with van der Waals surface area (Å²) in [7, 11) is 4.90. The normalized spacial score (nSPS) is 13.4. The molecule has 5 nitrogen and oxygen atoms in total. The molecule has 1 aliphatic heterocycles. The Kier molecular flexibility index (Phi) is 5.47. The van der Waals surface area contributed by atoms with Gasteiger partial charge in [-0.15, -0.1) is 9.24 Å². The highest BCUT2D eigenvalue weighted by Crippen LogP contribution is 2.29. The van der Waals surface area contributed by atoms with Crippen LogP contribution >= 0.6 is 9.24 Å². The van der Waals surface area contributed by atoms with Crippen molar-refractivity contribution in [1.29, 1.82) is 0 Å². The van der Waals surface area contributed by atoms with Crippen LogP contribution in [0.15, 0.2) is 42.1 Å². The van der Waals surface area contributed by atoms with E-state index in [0.717, 1.165) is 33.4 Å². The van der Waals surface area contributed by atoms with Gasteiger partial charge in [0.05, 0.1) is 11.4 Å². The fraction of sp³-hybridized carbons (Fsp3) is 0.250. The number of hydrogen-bond donors (Lipinski definition) is 1. The highest BCUT2D eigenvalue weighted by atomic mass is 31.0. The second-order valence-electron chi connectivity index (χ2n) is 7.13. The van der Waals surface area contributed by atoms with Crippen molar-refractivity contribution < 1.29 is 4.79 Å². The van der Waals surface area contributed by atoms with Crippen LogP contribution in [0.4, 0.5) is 5.82 Å². The molecule has 1 N–H and O–H groups in total. The Morgan fingerprint density at radius 3 is 2.70 bits per heavy atom. The van der Waals surface area contributed by atoms with Crippen molar-refractivity contribution in [3.05, 3.63) is 53.7 Å². The number of benzene rings is 1. The maximum Gasteiger partial charge on any atom is 0.247 e. The molecule has 3 rings (SSSR count). The number of nitrogens with one attached hydrogen (secondary N) is 1.